The Morgan fingerprint density at radius 3 is 2.56 bits per heavy atom. The number of ether oxygens (including phenoxy) is 1. The lowest BCUT2D eigenvalue weighted by atomic mass is 10.2. The highest BCUT2D eigenvalue weighted by Crippen LogP contribution is 2.26. The second kappa shape index (κ2) is 11.6. The number of nitrogens with zero attached hydrogens (tertiary/aromatic N) is 4. The first kappa shape index (κ1) is 24.4. The molecule has 5 rings (SSSR count). The molecule has 0 unspecified atom stereocenters. The zero-order valence-electron chi connectivity index (χ0n) is 20.7. The van der Waals surface area contributed by atoms with Gasteiger partial charge in [-0.1, -0.05) is 30.3 Å². The topological polar surface area (TPSA) is 48.9 Å². The number of amides is 1. The van der Waals surface area contributed by atoms with Crippen molar-refractivity contribution in [2.45, 2.75) is 13.1 Å². The Morgan fingerprint density at radius 2 is 1.81 bits per heavy atom. The van der Waals surface area contributed by atoms with Crippen molar-refractivity contribution in [3.63, 3.8) is 0 Å². The summed E-state index contributed by atoms with van der Waals surface area (Å²) in [5, 5.41) is 1.33. The van der Waals surface area contributed by atoms with Gasteiger partial charge in [0.05, 0.1) is 5.56 Å². The largest absolute Gasteiger partial charge is 0.492 e. The highest BCUT2D eigenvalue weighted by molar-refractivity contribution is 7.19. The molecule has 1 aliphatic rings. The second-order valence-electron chi connectivity index (χ2n) is 9.29. The van der Waals surface area contributed by atoms with E-state index >= 15 is 0 Å². The molecular formula is C29H32N4O2S. The maximum atomic E-state index is 12.6. The Balaban J connectivity index is 1.02. The van der Waals surface area contributed by atoms with Crippen LogP contribution in [0.3, 0.4) is 0 Å². The van der Waals surface area contributed by atoms with Crippen LogP contribution in [0.5, 0.6) is 5.75 Å². The van der Waals surface area contributed by atoms with Crippen LogP contribution in [-0.4, -0.2) is 72.0 Å². The zero-order chi connectivity index (χ0) is 24.7. The van der Waals surface area contributed by atoms with Gasteiger partial charge in [0.25, 0.3) is 5.91 Å². The van der Waals surface area contributed by atoms with Gasteiger partial charge in [0, 0.05) is 67.8 Å². The van der Waals surface area contributed by atoms with Crippen LogP contribution in [0.15, 0.2) is 79.1 Å². The zero-order valence-corrected chi connectivity index (χ0v) is 21.5. The van der Waals surface area contributed by atoms with Gasteiger partial charge < -0.3 is 9.64 Å². The summed E-state index contributed by atoms with van der Waals surface area (Å²) >= 11 is 1.87. The number of pyridine rings is 1. The van der Waals surface area contributed by atoms with Crippen molar-refractivity contribution in [3.05, 3.63) is 95.1 Å². The lowest BCUT2D eigenvalue weighted by Crippen LogP contribution is -2.49. The van der Waals surface area contributed by atoms with Gasteiger partial charge in [-0.25, -0.2) is 0 Å². The fourth-order valence-corrected chi connectivity index (χ4v) is 5.72. The number of carbonyl (C=O) groups is 1. The van der Waals surface area contributed by atoms with E-state index in [0.717, 1.165) is 51.6 Å². The van der Waals surface area contributed by atoms with Crippen LogP contribution in [0.25, 0.3) is 10.1 Å². The average Bonchev–Trinajstić information content (AvgIpc) is 3.32. The molecule has 0 aliphatic carbocycles. The van der Waals surface area contributed by atoms with Crippen LogP contribution in [0.2, 0.25) is 0 Å². The van der Waals surface area contributed by atoms with E-state index in [-0.39, 0.29) is 5.91 Å². The molecule has 0 bridgehead atoms. The molecule has 1 aliphatic heterocycles. The van der Waals surface area contributed by atoms with Crippen LogP contribution >= 0.6 is 11.3 Å². The highest BCUT2D eigenvalue weighted by atomic mass is 32.1. The summed E-state index contributed by atoms with van der Waals surface area (Å²) in [5.74, 6) is 0.963. The van der Waals surface area contributed by atoms with Crippen molar-refractivity contribution in [1.29, 1.82) is 0 Å². The predicted molar refractivity (Wildman–Crippen MR) is 146 cm³/mol. The van der Waals surface area contributed by atoms with Crippen molar-refractivity contribution < 1.29 is 9.53 Å². The minimum atomic E-state index is 0.0635. The van der Waals surface area contributed by atoms with Gasteiger partial charge in [-0.15, -0.1) is 11.3 Å². The van der Waals surface area contributed by atoms with Gasteiger partial charge >= 0.3 is 0 Å². The molecule has 3 heterocycles. The van der Waals surface area contributed by atoms with E-state index in [1.54, 1.807) is 18.5 Å². The van der Waals surface area contributed by atoms with Gasteiger partial charge in [0.2, 0.25) is 0 Å². The number of thiophene rings is 1. The third-order valence-corrected chi connectivity index (χ3v) is 7.62. The number of benzene rings is 2. The Bertz CT molecular complexity index is 1230. The minimum Gasteiger partial charge on any atom is -0.492 e. The number of fused-ring (bicyclic) bond motifs is 1. The predicted octanol–water partition coefficient (Wildman–Crippen LogP) is 4.77. The number of carbonyl (C=O) groups excluding carboxylic acids is 1. The Morgan fingerprint density at radius 1 is 1.00 bits per heavy atom. The number of hydrogen-bond donors (Lipinski definition) is 0. The summed E-state index contributed by atoms with van der Waals surface area (Å²) in [6.07, 6.45) is 3.33. The van der Waals surface area contributed by atoms with Crippen molar-refractivity contribution in [2.24, 2.45) is 0 Å². The van der Waals surface area contributed by atoms with Crippen LogP contribution in [0.1, 0.15) is 20.8 Å². The third kappa shape index (κ3) is 6.29. The molecule has 0 atom stereocenters. The Labute approximate surface area is 216 Å². The molecule has 186 valence electrons. The average molecular weight is 501 g/mol. The molecule has 0 radical (unpaired) electrons. The van der Waals surface area contributed by atoms with E-state index in [1.165, 1.54) is 20.5 Å². The number of hydrogen-bond acceptors (Lipinski definition) is 6. The Hall–Kier alpha value is -3.26. The lowest BCUT2D eigenvalue weighted by molar-refractivity contribution is 0.0620. The molecule has 0 N–H and O–H groups in total. The van der Waals surface area contributed by atoms with Crippen LogP contribution in [0.4, 0.5) is 0 Å². The van der Waals surface area contributed by atoms with Gasteiger partial charge in [0.1, 0.15) is 12.4 Å². The van der Waals surface area contributed by atoms with Gasteiger partial charge in [0.15, 0.2) is 0 Å². The molecular weight excluding hydrogens is 468 g/mol. The molecule has 1 amide bonds. The third-order valence-electron chi connectivity index (χ3n) is 6.52. The Kier molecular flexibility index (Phi) is 7.91. The summed E-state index contributed by atoms with van der Waals surface area (Å²) < 4.78 is 7.35. The number of piperazine rings is 1. The number of aromatic nitrogens is 1. The van der Waals surface area contributed by atoms with Crippen LogP contribution in [0, 0.1) is 0 Å². The molecule has 1 fully saturated rings. The molecule has 6 nitrogen and oxygen atoms in total. The molecule has 2 aromatic heterocycles. The fourth-order valence-electron chi connectivity index (χ4n) is 4.58. The minimum absolute atomic E-state index is 0.0635. The molecule has 1 saturated heterocycles. The summed E-state index contributed by atoms with van der Waals surface area (Å²) in [6.45, 7) is 6.53. The van der Waals surface area contributed by atoms with E-state index in [4.69, 9.17) is 4.74 Å². The van der Waals surface area contributed by atoms with Gasteiger partial charge in [-0.3, -0.25) is 19.6 Å². The quantitative estimate of drug-likeness (QED) is 0.332. The van der Waals surface area contributed by atoms with E-state index in [9.17, 15) is 4.79 Å². The normalized spacial score (nSPS) is 14.4. The van der Waals surface area contributed by atoms with Crippen molar-refractivity contribution >= 4 is 27.3 Å². The molecule has 7 heteroatoms. The van der Waals surface area contributed by atoms with Crippen molar-refractivity contribution in [2.75, 3.05) is 46.4 Å². The first-order valence-electron chi connectivity index (χ1n) is 12.4. The molecule has 4 aromatic rings. The summed E-state index contributed by atoms with van der Waals surface area (Å²) in [5.41, 5.74) is 1.93. The first-order chi connectivity index (χ1) is 17.6. The molecule has 36 heavy (non-hydrogen) atoms. The molecule has 0 saturated carbocycles. The van der Waals surface area contributed by atoms with Crippen LogP contribution in [-0.2, 0) is 13.1 Å². The summed E-state index contributed by atoms with van der Waals surface area (Å²) in [6, 6.07) is 22.9. The van der Waals surface area contributed by atoms with Crippen LogP contribution < -0.4 is 4.74 Å². The number of rotatable bonds is 9. The smallest absolute Gasteiger partial charge is 0.255 e. The van der Waals surface area contributed by atoms with E-state index in [2.05, 4.69) is 76.4 Å². The van der Waals surface area contributed by atoms with E-state index < -0.39 is 0 Å². The maximum Gasteiger partial charge on any atom is 0.255 e. The van der Waals surface area contributed by atoms with Gasteiger partial charge in [-0.2, -0.15) is 0 Å². The summed E-state index contributed by atoms with van der Waals surface area (Å²) in [4.78, 5) is 24.6. The fraction of sp³-hybridized carbons (Fsp3) is 0.310. The van der Waals surface area contributed by atoms with E-state index in [1.807, 2.05) is 22.3 Å². The standard InChI is InChI=1S/C29H32N4O2S/c1-31(22-27-19-24-5-2-3-7-28(24)36-27)21-23-8-10-26(11-9-23)35-18-17-32-13-15-33(16-14-32)29(34)25-6-4-12-30-20-25/h2-12,19-20H,13-18,21-22H2,1H3. The lowest BCUT2D eigenvalue weighted by Gasteiger charge is -2.34. The second-order valence-corrected chi connectivity index (χ2v) is 10.5. The molecule has 0 spiro atoms. The van der Waals surface area contributed by atoms with Gasteiger partial charge in [-0.05, 0) is 54.4 Å². The monoisotopic (exact) mass is 500 g/mol. The maximum absolute atomic E-state index is 12.6. The van der Waals surface area contributed by atoms with Crippen molar-refractivity contribution in [1.82, 2.24) is 19.7 Å². The SMILES string of the molecule is CN(Cc1ccc(OCCN2CCN(C(=O)c3cccnc3)CC2)cc1)Cc1cc2ccccc2s1. The first-order valence-corrected chi connectivity index (χ1v) is 13.2. The highest BCUT2D eigenvalue weighted by Gasteiger charge is 2.22. The van der Waals surface area contributed by atoms with E-state index in [0.29, 0.717) is 12.2 Å². The van der Waals surface area contributed by atoms with Crippen molar-refractivity contribution in [3.8, 4) is 5.75 Å². The molecule has 2 aromatic carbocycles. The summed E-state index contributed by atoms with van der Waals surface area (Å²) in [7, 11) is 2.17.